The Morgan fingerprint density at radius 2 is 2.12 bits per heavy atom. The van der Waals surface area contributed by atoms with Gasteiger partial charge >= 0.3 is 5.97 Å². The number of nitrogens with two attached hydrogens (primary N) is 1. The van der Waals surface area contributed by atoms with Crippen molar-refractivity contribution in [2.45, 2.75) is 18.9 Å². The van der Waals surface area contributed by atoms with Gasteiger partial charge in [-0.15, -0.1) is 0 Å². The van der Waals surface area contributed by atoms with Gasteiger partial charge in [-0.05, 0) is 19.1 Å². The third kappa shape index (κ3) is 1.92. The summed E-state index contributed by atoms with van der Waals surface area (Å²) in [6.07, 6.45) is -2.72. The molecular weight excluding hydrogens is 218 g/mol. The van der Waals surface area contributed by atoms with E-state index >= 15 is 0 Å². The summed E-state index contributed by atoms with van der Waals surface area (Å²) in [6.45, 7) is 1.22. The number of halogens is 2. The van der Waals surface area contributed by atoms with Crippen LogP contribution < -0.4 is 5.73 Å². The minimum absolute atomic E-state index is 0.183. The molecule has 1 unspecified atom stereocenters. The smallest absolute Gasteiger partial charge is 0.354 e. The molecule has 0 aliphatic carbocycles. The highest BCUT2D eigenvalue weighted by atomic mass is 19.3. The van der Waals surface area contributed by atoms with Gasteiger partial charge in [0, 0.05) is 12.7 Å². The van der Waals surface area contributed by atoms with Crippen LogP contribution in [0.4, 0.5) is 8.78 Å². The van der Waals surface area contributed by atoms with Crippen molar-refractivity contribution in [2.75, 3.05) is 7.11 Å². The summed E-state index contributed by atoms with van der Waals surface area (Å²) in [6, 6.07) is 2.81. The zero-order valence-corrected chi connectivity index (χ0v) is 9.33. The second-order valence-corrected chi connectivity index (χ2v) is 3.74. The van der Waals surface area contributed by atoms with Crippen LogP contribution in [0.3, 0.4) is 0 Å². The Balaban J connectivity index is 3.19. The summed E-state index contributed by atoms with van der Waals surface area (Å²) in [7, 11) is 2.72. The number of methoxy groups -OCH3 is 1. The van der Waals surface area contributed by atoms with Gasteiger partial charge in [-0.2, -0.15) is 0 Å². The quantitative estimate of drug-likeness (QED) is 0.798. The summed E-state index contributed by atoms with van der Waals surface area (Å²) in [5.74, 6) is -0.584. The summed E-state index contributed by atoms with van der Waals surface area (Å²) in [5.41, 5.74) is 4.10. The zero-order valence-electron chi connectivity index (χ0n) is 9.33. The maximum atomic E-state index is 12.7. The highest BCUT2D eigenvalue weighted by Crippen LogP contribution is 2.26. The van der Waals surface area contributed by atoms with Crippen LogP contribution in [0.15, 0.2) is 12.1 Å². The number of carbonyl (C=O) groups excluding carboxylic acids is 1. The van der Waals surface area contributed by atoms with Gasteiger partial charge in [-0.25, -0.2) is 13.6 Å². The fourth-order valence-corrected chi connectivity index (χ4v) is 1.47. The maximum absolute atomic E-state index is 12.7. The number of carbonyl (C=O) groups is 1. The average Bonchev–Trinajstić information content (AvgIpc) is 2.59. The highest BCUT2D eigenvalue weighted by Gasteiger charge is 2.35. The third-order valence-corrected chi connectivity index (χ3v) is 2.52. The van der Waals surface area contributed by atoms with E-state index in [1.165, 1.54) is 37.8 Å². The second-order valence-electron chi connectivity index (χ2n) is 3.74. The molecule has 6 heteroatoms. The lowest BCUT2D eigenvalue weighted by atomic mass is 10.0. The van der Waals surface area contributed by atoms with Crippen molar-refractivity contribution in [3.8, 4) is 0 Å². The largest absolute Gasteiger partial charge is 0.464 e. The first-order valence-corrected chi connectivity index (χ1v) is 4.64. The molecule has 1 aromatic rings. The molecule has 0 saturated heterocycles. The van der Waals surface area contributed by atoms with Crippen molar-refractivity contribution in [1.29, 1.82) is 0 Å². The maximum Gasteiger partial charge on any atom is 0.354 e. The molecule has 0 amide bonds. The third-order valence-electron chi connectivity index (χ3n) is 2.52. The van der Waals surface area contributed by atoms with Crippen molar-refractivity contribution >= 4 is 5.97 Å². The lowest BCUT2D eigenvalue weighted by Gasteiger charge is -2.24. The monoisotopic (exact) mass is 232 g/mol. The molecule has 0 aliphatic rings. The van der Waals surface area contributed by atoms with Crippen LogP contribution in [0, 0.1) is 0 Å². The highest BCUT2D eigenvalue weighted by molar-refractivity contribution is 5.87. The van der Waals surface area contributed by atoms with Crippen molar-refractivity contribution in [2.24, 2.45) is 12.8 Å². The molecule has 2 N–H and O–H groups in total. The molecule has 90 valence electrons. The predicted molar refractivity (Wildman–Crippen MR) is 54.3 cm³/mol. The first kappa shape index (κ1) is 12.6. The van der Waals surface area contributed by atoms with Crippen LogP contribution in [0.1, 0.15) is 23.1 Å². The van der Waals surface area contributed by atoms with Gasteiger partial charge in [0.15, 0.2) is 0 Å². The number of alkyl halides is 2. The summed E-state index contributed by atoms with van der Waals surface area (Å²) >= 11 is 0. The Morgan fingerprint density at radius 1 is 1.56 bits per heavy atom. The molecule has 1 atom stereocenters. The molecule has 0 aromatic carbocycles. The van der Waals surface area contributed by atoms with Gasteiger partial charge in [-0.1, -0.05) is 0 Å². The summed E-state index contributed by atoms with van der Waals surface area (Å²) < 4.78 is 31.3. The van der Waals surface area contributed by atoms with E-state index < -0.39 is 17.9 Å². The Bertz CT molecular complexity index is 400. The number of nitrogens with zero attached hydrogens (tertiary/aromatic N) is 1. The van der Waals surface area contributed by atoms with E-state index in [0.717, 1.165) is 0 Å². The van der Waals surface area contributed by atoms with E-state index in [1.807, 2.05) is 0 Å². The Hall–Kier alpha value is -1.43. The SMILES string of the molecule is COC(=O)c1ccc(C(C)(N)C(F)F)n1C. The molecule has 1 heterocycles. The van der Waals surface area contributed by atoms with Crippen LogP contribution in [0.2, 0.25) is 0 Å². The average molecular weight is 232 g/mol. The topological polar surface area (TPSA) is 57.2 Å². The minimum Gasteiger partial charge on any atom is -0.464 e. The molecule has 0 saturated carbocycles. The molecule has 0 radical (unpaired) electrons. The number of hydrogen-bond donors (Lipinski definition) is 1. The Kier molecular flexibility index (Phi) is 3.32. The lowest BCUT2D eigenvalue weighted by Crippen LogP contribution is -2.42. The van der Waals surface area contributed by atoms with Crippen molar-refractivity contribution < 1.29 is 18.3 Å². The summed E-state index contributed by atoms with van der Waals surface area (Å²) in [5, 5.41) is 0. The van der Waals surface area contributed by atoms with Gasteiger partial charge < -0.3 is 15.0 Å². The van der Waals surface area contributed by atoms with E-state index in [1.54, 1.807) is 0 Å². The van der Waals surface area contributed by atoms with Crippen LogP contribution in [-0.4, -0.2) is 24.1 Å². The molecular formula is C10H14F2N2O2. The van der Waals surface area contributed by atoms with Crippen LogP contribution >= 0.6 is 0 Å². The number of ether oxygens (including phenoxy) is 1. The predicted octanol–water partition coefficient (Wildman–Crippen LogP) is 1.25. The molecule has 16 heavy (non-hydrogen) atoms. The van der Waals surface area contributed by atoms with E-state index in [2.05, 4.69) is 4.74 Å². The van der Waals surface area contributed by atoms with Crippen LogP contribution in [0.25, 0.3) is 0 Å². The summed E-state index contributed by atoms with van der Waals surface area (Å²) in [4.78, 5) is 11.3. The van der Waals surface area contributed by atoms with Gasteiger partial charge in [0.05, 0.1) is 7.11 Å². The van der Waals surface area contributed by atoms with Gasteiger partial charge in [-0.3, -0.25) is 0 Å². The van der Waals surface area contributed by atoms with Crippen molar-refractivity contribution in [1.82, 2.24) is 4.57 Å². The Morgan fingerprint density at radius 3 is 2.56 bits per heavy atom. The molecule has 1 aromatic heterocycles. The van der Waals surface area contributed by atoms with Gasteiger partial charge in [0.25, 0.3) is 6.43 Å². The van der Waals surface area contributed by atoms with E-state index in [0.29, 0.717) is 0 Å². The standard InChI is InChI=1S/C10H14F2N2O2/c1-10(13,9(11)12)7-5-4-6(14(7)2)8(15)16-3/h4-5,9H,13H2,1-3H3. The number of hydrogen-bond acceptors (Lipinski definition) is 3. The molecule has 0 fully saturated rings. The van der Waals surface area contributed by atoms with Crippen molar-refractivity contribution in [3.63, 3.8) is 0 Å². The molecule has 1 rings (SSSR count). The number of esters is 1. The van der Waals surface area contributed by atoms with Gasteiger partial charge in [0.1, 0.15) is 11.2 Å². The number of aromatic nitrogens is 1. The fourth-order valence-electron chi connectivity index (χ4n) is 1.47. The lowest BCUT2D eigenvalue weighted by molar-refractivity contribution is 0.0549. The molecule has 0 bridgehead atoms. The first-order chi connectivity index (χ1) is 7.32. The van der Waals surface area contributed by atoms with E-state index in [-0.39, 0.29) is 11.4 Å². The molecule has 0 spiro atoms. The van der Waals surface area contributed by atoms with E-state index in [4.69, 9.17) is 5.73 Å². The Labute approximate surface area is 92.0 Å². The molecule has 0 aliphatic heterocycles. The second kappa shape index (κ2) is 4.21. The zero-order chi connectivity index (χ0) is 12.5. The minimum atomic E-state index is -2.72. The van der Waals surface area contributed by atoms with Crippen LogP contribution in [-0.2, 0) is 17.3 Å². The fraction of sp³-hybridized carbons (Fsp3) is 0.500. The van der Waals surface area contributed by atoms with Crippen LogP contribution in [0.5, 0.6) is 0 Å². The number of rotatable bonds is 3. The first-order valence-electron chi connectivity index (χ1n) is 4.64. The van der Waals surface area contributed by atoms with E-state index in [9.17, 15) is 13.6 Å². The molecule has 4 nitrogen and oxygen atoms in total. The van der Waals surface area contributed by atoms with Gasteiger partial charge in [0.2, 0.25) is 0 Å². The van der Waals surface area contributed by atoms with Crippen molar-refractivity contribution in [3.05, 3.63) is 23.5 Å². The normalized spacial score (nSPS) is 14.9.